The number of halogens is 1. The fourth-order valence-corrected chi connectivity index (χ4v) is 2.61. The first-order valence-corrected chi connectivity index (χ1v) is 8.51. The van der Waals surface area contributed by atoms with Crippen molar-refractivity contribution in [1.82, 2.24) is 5.32 Å². The number of nitrogens with one attached hydrogen (secondary N) is 1. The van der Waals surface area contributed by atoms with Crippen LogP contribution in [0.2, 0.25) is 0 Å². The van der Waals surface area contributed by atoms with Crippen molar-refractivity contribution in [1.29, 1.82) is 0 Å². The van der Waals surface area contributed by atoms with Crippen molar-refractivity contribution < 1.29 is 19.1 Å². The van der Waals surface area contributed by atoms with Gasteiger partial charge in [0.05, 0.1) is 11.6 Å². The molecule has 2 aromatic rings. The molecule has 2 aromatic carbocycles. The second kappa shape index (κ2) is 9.13. The minimum atomic E-state index is -0.653. The maximum absolute atomic E-state index is 12.0. The van der Waals surface area contributed by atoms with E-state index in [2.05, 4.69) is 21.2 Å². The second-order valence-corrected chi connectivity index (χ2v) is 6.42. The fraction of sp³-hybridized carbons (Fsp3) is 0.211. The summed E-state index contributed by atoms with van der Waals surface area (Å²) < 4.78 is 5.73. The molecule has 130 valence electrons. The standard InChI is InChI=1S/C19H18BrNO4/c1-13(22)17(10-14-6-3-2-4-7-14)21-18(23)12-25-19(24)15-8-5-9-16(20)11-15/h2-9,11,17H,10,12H2,1H3,(H,21,23)/t17-/m0/s1. The first-order chi connectivity index (χ1) is 12.0. The number of hydrogen-bond acceptors (Lipinski definition) is 4. The number of esters is 1. The highest BCUT2D eigenvalue weighted by Crippen LogP contribution is 2.12. The molecule has 6 heteroatoms. The molecule has 0 fully saturated rings. The molecule has 0 aromatic heterocycles. The maximum atomic E-state index is 12.0. The van der Waals surface area contributed by atoms with E-state index >= 15 is 0 Å². The van der Waals surface area contributed by atoms with Crippen LogP contribution in [0.1, 0.15) is 22.8 Å². The number of benzene rings is 2. The Bertz CT molecular complexity index is 761. The van der Waals surface area contributed by atoms with Gasteiger partial charge in [-0.2, -0.15) is 0 Å². The van der Waals surface area contributed by atoms with E-state index < -0.39 is 24.5 Å². The molecule has 0 bridgehead atoms. The van der Waals surface area contributed by atoms with Gasteiger partial charge in [0.15, 0.2) is 12.4 Å². The van der Waals surface area contributed by atoms with Crippen molar-refractivity contribution in [3.8, 4) is 0 Å². The van der Waals surface area contributed by atoms with Gasteiger partial charge in [-0.3, -0.25) is 9.59 Å². The summed E-state index contributed by atoms with van der Waals surface area (Å²) in [5, 5.41) is 2.61. The quantitative estimate of drug-likeness (QED) is 0.721. The van der Waals surface area contributed by atoms with E-state index in [1.807, 2.05) is 30.3 Å². The molecule has 2 rings (SSSR count). The van der Waals surface area contributed by atoms with Crippen molar-refractivity contribution >= 4 is 33.6 Å². The third-order valence-corrected chi connectivity index (χ3v) is 4.00. The van der Waals surface area contributed by atoms with E-state index in [1.165, 1.54) is 6.92 Å². The normalized spacial score (nSPS) is 11.4. The molecule has 0 aliphatic rings. The van der Waals surface area contributed by atoms with Crippen LogP contribution in [0.15, 0.2) is 59.1 Å². The lowest BCUT2D eigenvalue weighted by Crippen LogP contribution is -2.43. The maximum Gasteiger partial charge on any atom is 0.338 e. The Morgan fingerprint density at radius 2 is 1.80 bits per heavy atom. The molecule has 1 atom stereocenters. The highest BCUT2D eigenvalue weighted by atomic mass is 79.9. The van der Waals surface area contributed by atoms with Gasteiger partial charge in [0.2, 0.25) is 0 Å². The highest BCUT2D eigenvalue weighted by Gasteiger charge is 2.19. The molecule has 0 aliphatic heterocycles. The summed E-state index contributed by atoms with van der Waals surface area (Å²) in [5.41, 5.74) is 1.28. The first-order valence-electron chi connectivity index (χ1n) is 7.72. The van der Waals surface area contributed by atoms with E-state index in [1.54, 1.807) is 24.3 Å². The third kappa shape index (κ3) is 6.15. The summed E-state index contributed by atoms with van der Waals surface area (Å²) in [6.07, 6.45) is 0.390. The summed E-state index contributed by atoms with van der Waals surface area (Å²) in [5.74, 6) is -1.27. The average molecular weight is 404 g/mol. The van der Waals surface area contributed by atoms with Crippen LogP contribution in [-0.4, -0.2) is 30.3 Å². The van der Waals surface area contributed by atoms with Crippen LogP contribution in [0.4, 0.5) is 0 Å². The van der Waals surface area contributed by atoms with Crippen LogP contribution in [-0.2, 0) is 20.7 Å². The van der Waals surface area contributed by atoms with E-state index in [-0.39, 0.29) is 5.78 Å². The first kappa shape index (κ1) is 18.9. The predicted molar refractivity (Wildman–Crippen MR) is 97.2 cm³/mol. The Hall–Kier alpha value is -2.47. The van der Waals surface area contributed by atoms with E-state index in [0.717, 1.165) is 10.0 Å². The Morgan fingerprint density at radius 1 is 1.08 bits per heavy atom. The number of ketones is 1. The lowest BCUT2D eigenvalue weighted by molar-refractivity contribution is -0.128. The molecule has 5 nitrogen and oxygen atoms in total. The Morgan fingerprint density at radius 3 is 2.44 bits per heavy atom. The van der Waals surface area contributed by atoms with Crippen molar-refractivity contribution in [2.24, 2.45) is 0 Å². The lowest BCUT2D eigenvalue weighted by Gasteiger charge is -2.16. The number of rotatable bonds is 7. The Balaban J connectivity index is 1.88. The van der Waals surface area contributed by atoms with Gasteiger partial charge in [-0.15, -0.1) is 0 Å². The zero-order valence-electron chi connectivity index (χ0n) is 13.7. The molecule has 1 N–H and O–H groups in total. The molecule has 0 saturated heterocycles. The number of hydrogen-bond donors (Lipinski definition) is 1. The summed E-state index contributed by atoms with van der Waals surface area (Å²) in [4.78, 5) is 35.7. The van der Waals surface area contributed by atoms with E-state index in [9.17, 15) is 14.4 Å². The average Bonchev–Trinajstić information content (AvgIpc) is 2.60. The van der Waals surface area contributed by atoms with Gasteiger partial charge in [0.25, 0.3) is 5.91 Å². The van der Waals surface area contributed by atoms with Gasteiger partial charge in [0.1, 0.15) is 0 Å². The zero-order chi connectivity index (χ0) is 18.2. The smallest absolute Gasteiger partial charge is 0.338 e. The van der Waals surface area contributed by atoms with Crippen molar-refractivity contribution in [3.63, 3.8) is 0 Å². The van der Waals surface area contributed by atoms with Crippen LogP contribution in [0.5, 0.6) is 0 Å². The molecule has 0 aliphatic carbocycles. The SMILES string of the molecule is CC(=O)[C@H](Cc1ccccc1)NC(=O)COC(=O)c1cccc(Br)c1. The van der Waals surface area contributed by atoms with Crippen molar-refractivity contribution in [3.05, 3.63) is 70.2 Å². The minimum absolute atomic E-state index is 0.157. The van der Waals surface area contributed by atoms with Gasteiger partial charge >= 0.3 is 5.97 Å². The molecule has 0 unspecified atom stereocenters. The van der Waals surface area contributed by atoms with Gasteiger partial charge in [-0.1, -0.05) is 52.3 Å². The summed E-state index contributed by atoms with van der Waals surface area (Å²) in [6.45, 7) is 0.977. The molecular weight excluding hydrogens is 386 g/mol. The fourth-order valence-electron chi connectivity index (χ4n) is 2.21. The van der Waals surface area contributed by atoms with Crippen LogP contribution in [0.3, 0.4) is 0 Å². The Labute approximate surface area is 154 Å². The van der Waals surface area contributed by atoms with Gasteiger partial charge in [-0.25, -0.2) is 4.79 Å². The molecule has 25 heavy (non-hydrogen) atoms. The van der Waals surface area contributed by atoms with Crippen LogP contribution in [0, 0.1) is 0 Å². The monoisotopic (exact) mass is 403 g/mol. The molecular formula is C19H18BrNO4. The molecule has 0 saturated carbocycles. The number of carbonyl (C=O) groups is 3. The Kier molecular flexibility index (Phi) is 6.89. The predicted octanol–water partition coefficient (Wildman–Crippen LogP) is 2.92. The highest BCUT2D eigenvalue weighted by molar-refractivity contribution is 9.10. The largest absolute Gasteiger partial charge is 0.452 e. The van der Waals surface area contributed by atoms with Gasteiger partial charge in [-0.05, 0) is 37.1 Å². The van der Waals surface area contributed by atoms with E-state index in [0.29, 0.717) is 12.0 Å². The lowest BCUT2D eigenvalue weighted by atomic mass is 10.0. The van der Waals surface area contributed by atoms with Gasteiger partial charge < -0.3 is 10.1 Å². The number of carbonyl (C=O) groups excluding carboxylic acids is 3. The summed E-state index contributed by atoms with van der Waals surface area (Å²) in [7, 11) is 0. The van der Waals surface area contributed by atoms with Crippen LogP contribution >= 0.6 is 15.9 Å². The van der Waals surface area contributed by atoms with E-state index in [4.69, 9.17) is 4.74 Å². The van der Waals surface area contributed by atoms with Crippen LogP contribution < -0.4 is 5.32 Å². The zero-order valence-corrected chi connectivity index (χ0v) is 15.3. The van der Waals surface area contributed by atoms with Crippen molar-refractivity contribution in [2.45, 2.75) is 19.4 Å². The summed E-state index contributed by atoms with van der Waals surface area (Å²) in [6, 6.07) is 15.4. The summed E-state index contributed by atoms with van der Waals surface area (Å²) >= 11 is 3.27. The molecule has 1 amide bonds. The molecule has 0 heterocycles. The number of ether oxygens (including phenoxy) is 1. The minimum Gasteiger partial charge on any atom is -0.452 e. The second-order valence-electron chi connectivity index (χ2n) is 5.51. The third-order valence-electron chi connectivity index (χ3n) is 3.50. The molecule has 0 radical (unpaired) electrons. The topological polar surface area (TPSA) is 72.5 Å². The number of amides is 1. The van der Waals surface area contributed by atoms with Crippen LogP contribution in [0.25, 0.3) is 0 Å². The van der Waals surface area contributed by atoms with Crippen molar-refractivity contribution in [2.75, 3.05) is 6.61 Å². The number of Topliss-reactive ketones (excluding diaryl/α,β-unsaturated/α-hetero) is 1. The molecule has 0 spiro atoms. The van der Waals surface area contributed by atoms with Gasteiger partial charge in [0, 0.05) is 4.47 Å².